The Morgan fingerprint density at radius 2 is 2.00 bits per heavy atom. The molecule has 140 valence electrons. The molecule has 0 unspecified atom stereocenters. The van der Waals surface area contributed by atoms with Crippen LogP contribution in [0, 0.1) is 6.92 Å². The fourth-order valence-corrected chi connectivity index (χ4v) is 2.63. The number of aliphatic hydroxyl groups excluding tert-OH is 1. The molecule has 0 aliphatic rings. The molecule has 1 amide bonds. The molecular formula is C21H21NO5. The topological polar surface area (TPSA) is 80.9 Å². The summed E-state index contributed by atoms with van der Waals surface area (Å²) in [6.45, 7) is 1.70. The number of aliphatic hydroxyl groups is 1. The van der Waals surface area contributed by atoms with Crippen LogP contribution in [0.2, 0.25) is 0 Å². The molecule has 0 saturated heterocycles. The largest absolute Gasteiger partial charge is 0.496 e. The summed E-state index contributed by atoms with van der Waals surface area (Å²) < 4.78 is 16.4. The number of furan rings is 1. The number of aryl methyl sites for hydroxylation is 1. The second-order valence-corrected chi connectivity index (χ2v) is 5.99. The van der Waals surface area contributed by atoms with Crippen molar-refractivity contribution < 1.29 is 23.8 Å². The van der Waals surface area contributed by atoms with Crippen LogP contribution in [0.15, 0.2) is 59.0 Å². The normalized spacial score (nSPS) is 10.5. The summed E-state index contributed by atoms with van der Waals surface area (Å²) in [5, 5.41) is 11.9. The number of rotatable bonds is 7. The SMILES string of the molecule is COc1cc(NC(=O)COc2cccc(C)c2)ccc1-c1ccc(CO)o1. The maximum atomic E-state index is 12.1. The highest BCUT2D eigenvalue weighted by molar-refractivity contribution is 5.92. The zero-order chi connectivity index (χ0) is 19.2. The van der Waals surface area contributed by atoms with Crippen molar-refractivity contribution >= 4 is 11.6 Å². The number of hydrogen-bond donors (Lipinski definition) is 2. The summed E-state index contributed by atoms with van der Waals surface area (Å²) in [5.41, 5.74) is 2.38. The second kappa shape index (κ2) is 8.42. The van der Waals surface area contributed by atoms with Crippen LogP contribution in [0.1, 0.15) is 11.3 Å². The van der Waals surface area contributed by atoms with E-state index in [1.54, 1.807) is 37.4 Å². The maximum absolute atomic E-state index is 12.1. The monoisotopic (exact) mass is 367 g/mol. The standard InChI is InChI=1S/C21H21NO5/c1-14-4-3-5-16(10-14)26-13-21(24)22-15-6-8-18(20(11-15)25-2)19-9-7-17(12-23)27-19/h3-11,23H,12-13H2,1-2H3,(H,22,24). The van der Waals surface area contributed by atoms with E-state index in [-0.39, 0.29) is 19.1 Å². The number of ether oxygens (including phenoxy) is 2. The minimum absolute atomic E-state index is 0.0917. The van der Waals surface area contributed by atoms with E-state index in [0.29, 0.717) is 28.7 Å². The molecule has 3 rings (SSSR count). The van der Waals surface area contributed by atoms with Crippen LogP contribution in [-0.4, -0.2) is 24.7 Å². The summed E-state index contributed by atoms with van der Waals surface area (Å²) in [6, 6.07) is 16.2. The van der Waals surface area contributed by atoms with E-state index < -0.39 is 0 Å². The maximum Gasteiger partial charge on any atom is 0.262 e. The van der Waals surface area contributed by atoms with Gasteiger partial charge in [0.2, 0.25) is 0 Å². The van der Waals surface area contributed by atoms with E-state index in [1.165, 1.54) is 0 Å². The van der Waals surface area contributed by atoms with Gasteiger partial charge in [0.15, 0.2) is 6.61 Å². The lowest BCUT2D eigenvalue weighted by molar-refractivity contribution is -0.118. The Balaban J connectivity index is 1.67. The summed E-state index contributed by atoms with van der Waals surface area (Å²) >= 11 is 0. The van der Waals surface area contributed by atoms with Crippen LogP contribution in [-0.2, 0) is 11.4 Å². The Morgan fingerprint density at radius 3 is 2.70 bits per heavy atom. The molecule has 3 aromatic rings. The van der Waals surface area contributed by atoms with E-state index in [4.69, 9.17) is 19.0 Å². The zero-order valence-electron chi connectivity index (χ0n) is 15.2. The molecule has 27 heavy (non-hydrogen) atoms. The van der Waals surface area contributed by atoms with Gasteiger partial charge in [-0.3, -0.25) is 4.79 Å². The molecule has 6 nitrogen and oxygen atoms in total. The number of methoxy groups -OCH3 is 1. The van der Waals surface area contributed by atoms with Crippen molar-refractivity contribution in [1.29, 1.82) is 0 Å². The van der Waals surface area contributed by atoms with Gasteiger partial charge in [0.25, 0.3) is 5.91 Å². The number of amides is 1. The number of carbonyl (C=O) groups is 1. The molecule has 6 heteroatoms. The zero-order valence-corrected chi connectivity index (χ0v) is 15.2. The molecule has 0 aliphatic carbocycles. The van der Waals surface area contributed by atoms with Crippen LogP contribution in [0.3, 0.4) is 0 Å². The first-order chi connectivity index (χ1) is 13.1. The molecule has 1 aromatic heterocycles. The summed E-state index contributed by atoms with van der Waals surface area (Å²) in [7, 11) is 1.54. The number of nitrogens with one attached hydrogen (secondary N) is 1. The van der Waals surface area contributed by atoms with Crippen molar-refractivity contribution in [3.63, 3.8) is 0 Å². The summed E-state index contributed by atoms with van der Waals surface area (Å²) in [5.74, 6) is 1.97. The Labute approximate surface area is 157 Å². The third kappa shape index (κ3) is 4.68. The van der Waals surface area contributed by atoms with E-state index in [0.717, 1.165) is 11.1 Å². The van der Waals surface area contributed by atoms with Crippen LogP contribution >= 0.6 is 0 Å². The smallest absolute Gasteiger partial charge is 0.262 e. The van der Waals surface area contributed by atoms with E-state index in [2.05, 4.69) is 5.32 Å². The van der Waals surface area contributed by atoms with E-state index in [9.17, 15) is 4.79 Å². The van der Waals surface area contributed by atoms with Crippen molar-refractivity contribution in [3.8, 4) is 22.8 Å². The molecule has 2 N–H and O–H groups in total. The molecular weight excluding hydrogens is 346 g/mol. The minimum atomic E-state index is -0.271. The molecule has 0 radical (unpaired) electrons. The fourth-order valence-electron chi connectivity index (χ4n) is 2.63. The van der Waals surface area contributed by atoms with Gasteiger partial charge in [-0.05, 0) is 48.9 Å². The average molecular weight is 367 g/mol. The highest BCUT2D eigenvalue weighted by atomic mass is 16.5. The Kier molecular flexibility index (Phi) is 5.78. The minimum Gasteiger partial charge on any atom is -0.496 e. The van der Waals surface area contributed by atoms with Crippen molar-refractivity contribution in [2.24, 2.45) is 0 Å². The van der Waals surface area contributed by atoms with Crippen LogP contribution in [0.5, 0.6) is 11.5 Å². The molecule has 1 heterocycles. The number of carbonyl (C=O) groups excluding carboxylic acids is 1. The van der Waals surface area contributed by atoms with E-state index >= 15 is 0 Å². The van der Waals surface area contributed by atoms with Gasteiger partial charge >= 0.3 is 0 Å². The second-order valence-electron chi connectivity index (χ2n) is 5.99. The van der Waals surface area contributed by atoms with Gasteiger partial charge in [-0.1, -0.05) is 12.1 Å². The predicted molar refractivity (Wildman–Crippen MR) is 102 cm³/mol. The lowest BCUT2D eigenvalue weighted by Crippen LogP contribution is -2.20. The third-order valence-electron chi connectivity index (χ3n) is 3.93. The fraction of sp³-hybridized carbons (Fsp3) is 0.190. The number of hydrogen-bond acceptors (Lipinski definition) is 5. The van der Waals surface area contributed by atoms with Crippen molar-refractivity contribution in [2.75, 3.05) is 19.0 Å². The first-order valence-corrected chi connectivity index (χ1v) is 8.46. The summed E-state index contributed by atoms with van der Waals surface area (Å²) in [4.78, 5) is 12.1. The van der Waals surface area contributed by atoms with Gasteiger partial charge in [-0.15, -0.1) is 0 Å². The van der Waals surface area contributed by atoms with E-state index in [1.807, 2.05) is 31.2 Å². The lowest BCUT2D eigenvalue weighted by atomic mass is 10.1. The average Bonchev–Trinajstić information content (AvgIpc) is 3.15. The Bertz CT molecular complexity index is 932. The molecule has 0 spiro atoms. The Morgan fingerprint density at radius 1 is 1.15 bits per heavy atom. The molecule has 0 fully saturated rings. The van der Waals surface area contributed by atoms with Crippen molar-refractivity contribution in [1.82, 2.24) is 0 Å². The van der Waals surface area contributed by atoms with Crippen molar-refractivity contribution in [2.45, 2.75) is 13.5 Å². The van der Waals surface area contributed by atoms with Gasteiger partial charge in [0.1, 0.15) is 29.6 Å². The molecule has 0 saturated carbocycles. The highest BCUT2D eigenvalue weighted by Crippen LogP contribution is 2.33. The lowest BCUT2D eigenvalue weighted by Gasteiger charge is -2.11. The Hall–Kier alpha value is -3.25. The van der Waals surface area contributed by atoms with Gasteiger partial charge in [0, 0.05) is 11.8 Å². The van der Waals surface area contributed by atoms with Gasteiger partial charge in [0.05, 0.1) is 12.7 Å². The van der Waals surface area contributed by atoms with Crippen LogP contribution < -0.4 is 14.8 Å². The van der Waals surface area contributed by atoms with Crippen molar-refractivity contribution in [3.05, 3.63) is 65.9 Å². The number of benzene rings is 2. The molecule has 0 bridgehead atoms. The van der Waals surface area contributed by atoms with Gasteiger partial charge in [-0.25, -0.2) is 0 Å². The highest BCUT2D eigenvalue weighted by Gasteiger charge is 2.12. The molecule has 0 aliphatic heterocycles. The first-order valence-electron chi connectivity index (χ1n) is 8.46. The van der Waals surface area contributed by atoms with Crippen LogP contribution in [0.25, 0.3) is 11.3 Å². The first kappa shape index (κ1) is 18.5. The number of anilines is 1. The molecule has 0 atom stereocenters. The van der Waals surface area contributed by atoms with Gasteiger partial charge < -0.3 is 24.3 Å². The van der Waals surface area contributed by atoms with Crippen LogP contribution in [0.4, 0.5) is 5.69 Å². The predicted octanol–water partition coefficient (Wildman–Crippen LogP) is 3.77. The quantitative estimate of drug-likeness (QED) is 0.664. The third-order valence-corrected chi connectivity index (χ3v) is 3.93. The summed E-state index contributed by atoms with van der Waals surface area (Å²) in [6.07, 6.45) is 0. The van der Waals surface area contributed by atoms with Gasteiger partial charge in [-0.2, -0.15) is 0 Å². The molecule has 2 aromatic carbocycles.